The van der Waals surface area contributed by atoms with Gasteiger partial charge in [0.2, 0.25) is 0 Å². The van der Waals surface area contributed by atoms with Gasteiger partial charge >= 0.3 is 0 Å². The second-order valence-electron chi connectivity index (χ2n) is 7.12. The first-order valence-corrected chi connectivity index (χ1v) is 12.4. The monoisotopic (exact) mass is 407 g/mol. The van der Waals surface area contributed by atoms with E-state index in [1.54, 1.807) is 24.3 Å². The summed E-state index contributed by atoms with van der Waals surface area (Å²) >= 11 is 0. The highest BCUT2D eigenvalue weighted by atomic mass is 32.2. The Morgan fingerprint density at radius 2 is 1.67 bits per heavy atom. The lowest BCUT2D eigenvalue weighted by atomic mass is 10.1. The second-order valence-corrected chi connectivity index (χ2v) is 11.4. The summed E-state index contributed by atoms with van der Waals surface area (Å²) in [6.45, 7) is 2.46. The van der Waals surface area contributed by atoms with Gasteiger partial charge in [-0.25, -0.2) is 16.8 Å². The van der Waals surface area contributed by atoms with Gasteiger partial charge in [0.05, 0.1) is 21.7 Å². The number of rotatable bonds is 7. The molecule has 0 saturated carbocycles. The molecule has 0 radical (unpaired) electrons. The smallest absolute Gasteiger partial charge is 0.183 e. The number of aryl methyl sites for hydroxylation is 2. The van der Waals surface area contributed by atoms with Gasteiger partial charge in [0.15, 0.2) is 19.7 Å². The highest BCUT2D eigenvalue weighted by molar-refractivity contribution is 7.96. The fourth-order valence-electron chi connectivity index (χ4n) is 3.44. The number of sulfone groups is 2. The first-order valence-electron chi connectivity index (χ1n) is 9.06. The minimum Gasteiger partial charge on any atom is -0.312 e. The molecule has 1 aliphatic heterocycles. The van der Waals surface area contributed by atoms with Gasteiger partial charge in [0.1, 0.15) is 0 Å². The van der Waals surface area contributed by atoms with Crippen LogP contribution in [0.25, 0.3) is 0 Å². The van der Waals surface area contributed by atoms with Crippen LogP contribution in [0.5, 0.6) is 0 Å². The molecule has 2 atom stereocenters. The van der Waals surface area contributed by atoms with Gasteiger partial charge in [0, 0.05) is 6.04 Å². The SMILES string of the molecule is Cc1ccc(S(=O)(=O)[C@@H]2CS(=O)(=O)C[C@H]2NCCCc2ccccc2)cc1. The van der Waals surface area contributed by atoms with Crippen molar-refractivity contribution in [1.82, 2.24) is 5.32 Å². The molecule has 2 aromatic carbocycles. The molecule has 27 heavy (non-hydrogen) atoms. The lowest BCUT2D eigenvalue weighted by molar-refractivity contribution is 0.520. The molecule has 0 spiro atoms. The van der Waals surface area contributed by atoms with Crippen LogP contribution < -0.4 is 5.32 Å². The summed E-state index contributed by atoms with van der Waals surface area (Å²) in [5.41, 5.74) is 2.17. The predicted octanol–water partition coefficient (Wildman–Crippen LogP) is 2.16. The lowest BCUT2D eigenvalue weighted by Gasteiger charge is -2.20. The van der Waals surface area contributed by atoms with Gasteiger partial charge in [-0.3, -0.25) is 0 Å². The lowest BCUT2D eigenvalue weighted by Crippen LogP contribution is -2.43. The molecule has 0 aliphatic carbocycles. The van der Waals surface area contributed by atoms with Crippen molar-refractivity contribution in [2.24, 2.45) is 0 Å². The van der Waals surface area contributed by atoms with E-state index in [2.05, 4.69) is 5.32 Å². The van der Waals surface area contributed by atoms with Gasteiger partial charge < -0.3 is 5.32 Å². The molecule has 2 aromatic rings. The summed E-state index contributed by atoms with van der Waals surface area (Å²) in [5.74, 6) is -0.451. The van der Waals surface area contributed by atoms with E-state index in [0.29, 0.717) is 6.54 Å². The molecule has 3 rings (SSSR count). The molecule has 0 amide bonds. The Kier molecular flexibility index (Phi) is 6.03. The largest absolute Gasteiger partial charge is 0.312 e. The number of hydrogen-bond donors (Lipinski definition) is 1. The van der Waals surface area contributed by atoms with Crippen LogP contribution in [0.2, 0.25) is 0 Å². The zero-order valence-corrected chi connectivity index (χ0v) is 17.0. The second kappa shape index (κ2) is 8.12. The summed E-state index contributed by atoms with van der Waals surface area (Å²) in [7, 11) is -7.08. The fourth-order valence-corrected chi connectivity index (χ4v) is 8.16. The number of hydrogen-bond acceptors (Lipinski definition) is 5. The zero-order valence-electron chi connectivity index (χ0n) is 15.3. The van der Waals surface area contributed by atoms with Crippen molar-refractivity contribution >= 4 is 19.7 Å². The molecule has 1 aliphatic rings. The van der Waals surface area contributed by atoms with Gasteiger partial charge in [-0.1, -0.05) is 48.0 Å². The standard InChI is InChI=1S/C20H25NO4S2/c1-16-9-11-18(12-10-16)27(24,25)20-15-26(22,23)14-19(20)21-13-5-8-17-6-3-2-4-7-17/h2-4,6-7,9-12,19-21H,5,8,13-15H2,1H3/t19-,20-/m1/s1. The van der Waals surface area contributed by atoms with E-state index in [0.717, 1.165) is 18.4 Å². The average molecular weight is 408 g/mol. The Labute approximate surface area is 161 Å². The van der Waals surface area contributed by atoms with Crippen molar-refractivity contribution in [2.75, 3.05) is 18.1 Å². The highest BCUT2D eigenvalue weighted by Crippen LogP contribution is 2.26. The summed E-state index contributed by atoms with van der Waals surface area (Å²) in [4.78, 5) is 0.186. The molecule has 0 aromatic heterocycles. The summed E-state index contributed by atoms with van der Waals surface area (Å²) in [6, 6.07) is 16.0. The van der Waals surface area contributed by atoms with Crippen molar-refractivity contribution in [3.05, 3.63) is 65.7 Å². The van der Waals surface area contributed by atoms with Crippen molar-refractivity contribution in [2.45, 2.75) is 36.0 Å². The van der Waals surface area contributed by atoms with Crippen LogP contribution in [-0.4, -0.2) is 46.2 Å². The third kappa shape index (κ3) is 4.97. The van der Waals surface area contributed by atoms with Crippen molar-refractivity contribution < 1.29 is 16.8 Å². The van der Waals surface area contributed by atoms with E-state index in [-0.39, 0.29) is 16.4 Å². The Bertz CT molecular complexity index is 968. The Balaban J connectivity index is 1.68. The highest BCUT2D eigenvalue weighted by Gasteiger charge is 2.45. The third-order valence-electron chi connectivity index (χ3n) is 4.94. The Morgan fingerprint density at radius 3 is 2.33 bits per heavy atom. The van der Waals surface area contributed by atoms with E-state index in [1.807, 2.05) is 37.3 Å². The summed E-state index contributed by atoms with van der Waals surface area (Å²) < 4.78 is 50.3. The van der Waals surface area contributed by atoms with Crippen molar-refractivity contribution in [3.8, 4) is 0 Å². The average Bonchev–Trinajstić information content (AvgIpc) is 2.95. The predicted molar refractivity (Wildman–Crippen MR) is 107 cm³/mol. The summed E-state index contributed by atoms with van der Waals surface area (Å²) in [6.07, 6.45) is 1.68. The molecule has 1 N–H and O–H groups in total. The van der Waals surface area contributed by atoms with E-state index in [9.17, 15) is 16.8 Å². The van der Waals surface area contributed by atoms with E-state index in [4.69, 9.17) is 0 Å². The summed E-state index contributed by atoms with van der Waals surface area (Å²) in [5, 5.41) is 2.24. The molecule has 7 heteroatoms. The van der Waals surface area contributed by atoms with Gasteiger partial charge in [0.25, 0.3) is 0 Å². The normalized spacial score (nSPS) is 22.0. The maximum absolute atomic E-state index is 13.0. The number of benzene rings is 2. The molecule has 0 unspecified atom stereocenters. The van der Waals surface area contributed by atoms with Crippen molar-refractivity contribution in [1.29, 1.82) is 0 Å². The van der Waals surface area contributed by atoms with Gasteiger partial charge in [-0.15, -0.1) is 0 Å². The van der Waals surface area contributed by atoms with Gasteiger partial charge in [-0.05, 0) is 44.0 Å². The minimum atomic E-state index is -3.71. The first-order chi connectivity index (χ1) is 12.8. The first kappa shape index (κ1) is 20.0. The number of nitrogens with one attached hydrogen (secondary N) is 1. The van der Waals surface area contributed by atoms with E-state index >= 15 is 0 Å². The molecule has 1 heterocycles. The minimum absolute atomic E-state index is 0.131. The topological polar surface area (TPSA) is 80.3 Å². The van der Waals surface area contributed by atoms with Crippen LogP contribution in [0.4, 0.5) is 0 Å². The van der Waals surface area contributed by atoms with Crippen molar-refractivity contribution in [3.63, 3.8) is 0 Å². The van der Waals surface area contributed by atoms with Gasteiger partial charge in [-0.2, -0.15) is 0 Å². The molecule has 0 bridgehead atoms. The van der Waals surface area contributed by atoms with Crippen LogP contribution in [0.15, 0.2) is 59.5 Å². The van der Waals surface area contributed by atoms with E-state index in [1.165, 1.54) is 5.56 Å². The zero-order chi connectivity index (χ0) is 19.5. The Morgan fingerprint density at radius 1 is 1.00 bits per heavy atom. The van der Waals surface area contributed by atoms with E-state index < -0.39 is 31.0 Å². The molecule has 1 fully saturated rings. The molecule has 146 valence electrons. The Hall–Kier alpha value is -1.70. The van der Waals surface area contributed by atoms with Crippen LogP contribution in [0.1, 0.15) is 17.5 Å². The van der Waals surface area contributed by atoms with Crippen LogP contribution in [0.3, 0.4) is 0 Å². The third-order valence-corrected chi connectivity index (χ3v) is 9.11. The van der Waals surface area contributed by atoms with Crippen LogP contribution in [-0.2, 0) is 26.1 Å². The fraction of sp³-hybridized carbons (Fsp3) is 0.400. The molecular formula is C20H25NO4S2. The molecule has 1 saturated heterocycles. The van der Waals surface area contributed by atoms with Crippen LogP contribution >= 0.6 is 0 Å². The molecular weight excluding hydrogens is 382 g/mol. The quantitative estimate of drug-likeness (QED) is 0.712. The maximum atomic E-state index is 13.0. The molecule has 5 nitrogen and oxygen atoms in total. The maximum Gasteiger partial charge on any atom is 0.183 e. The van der Waals surface area contributed by atoms with Crippen LogP contribution in [0, 0.1) is 6.92 Å².